The number of hydrogen-bond donors (Lipinski definition) is 3. The van der Waals surface area contributed by atoms with Crippen molar-refractivity contribution in [2.24, 2.45) is 0 Å². The Morgan fingerprint density at radius 1 is 1.30 bits per heavy atom. The number of benzene rings is 1. The molecular formula is C13H11FN4O2. The number of carbonyl (C=O) groups is 1. The minimum Gasteiger partial charge on any atom is -0.454 e. The van der Waals surface area contributed by atoms with Crippen LogP contribution in [0.1, 0.15) is 5.56 Å². The minimum atomic E-state index is -0.552. The summed E-state index contributed by atoms with van der Waals surface area (Å²) < 4.78 is 19.3. The fourth-order valence-corrected chi connectivity index (χ4v) is 1.89. The summed E-state index contributed by atoms with van der Waals surface area (Å²) in [5.74, 6) is 0.334. The van der Waals surface area contributed by atoms with Crippen LogP contribution in [0.5, 0.6) is 11.5 Å². The molecule has 0 unspecified atom stereocenters. The van der Waals surface area contributed by atoms with E-state index in [-0.39, 0.29) is 18.3 Å². The lowest BCUT2D eigenvalue weighted by Gasteiger charge is -2.20. The van der Waals surface area contributed by atoms with E-state index in [0.717, 1.165) is 0 Å². The SMILES string of the molecule is Nc1ccc(Oc2ccnc3c2CNC(=O)N3)c(F)c1. The summed E-state index contributed by atoms with van der Waals surface area (Å²) in [5, 5.41) is 5.16. The van der Waals surface area contributed by atoms with Gasteiger partial charge in [0.05, 0.1) is 12.1 Å². The quantitative estimate of drug-likeness (QED) is 0.732. The number of amides is 2. The van der Waals surface area contributed by atoms with Crippen molar-refractivity contribution in [3.05, 3.63) is 41.8 Å². The van der Waals surface area contributed by atoms with Crippen LogP contribution in [0.4, 0.5) is 20.7 Å². The molecule has 102 valence electrons. The number of nitrogens with one attached hydrogen (secondary N) is 2. The average Bonchev–Trinajstić information content (AvgIpc) is 2.41. The van der Waals surface area contributed by atoms with E-state index in [1.807, 2.05) is 0 Å². The van der Waals surface area contributed by atoms with Gasteiger partial charge in [-0.15, -0.1) is 0 Å². The summed E-state index contributed by atoms with van der Waals surface area (Å²) in [5.41, 5.74) is 6.46. The monoisotopic (exact) mass is 274 g/mol. The van der Waals surface area contributed by atoms with Crippen molar-refractivity contribution in [3.8, 4) is 11.5 Å². The number of nitrogens with two attached hydrogens (primary N) is 1. The molecule has 0 saturated heterocycles. The number of aromatic nitrogens is 1. The largest absolute Gasteiger partial charge is 0.454 e. The first-order chi connectivity index (χ1) is 9.63. The van der Waals surface area contributed by atoms with E-state index in [4.69, 9.17) is 10.5 Å². The van der Waals surface area contributed by atoms with Crippen LogP contribution in [-0.4, -0.2) is 11.0 Å². The van der Waals surface area contributed by atoms with Crippen molar-refractivity contribution in [2.75, 3.05) is 11.1 Å². The molecular weight excluding hydrogens is 263 g/mol. The number of nitrogen functional groups attached to an aromatic ring is 1. The Labute approximate surface area is 113 Å². The lowest BCUT2D eigenvalue weighted by Crippen LogP contribution is -2.34. The predicted octanol–water partition coefficient (Wildman–Crippen LogP) is 2.23. The van der Waals surface area contributed by atoms with Crippen molar-refractivity contribution in [3.63, 3.8) is 0 Å². The van der Waals surface area contributed by atoms with E-state index in [2.05, 4.69) is 15.6 Å². The number of halogens is 1. The number of nitrogens with zero attached hydrogens (tertiary/aromatic N) is 1. The van der Waals surface area contributed by atoms with Crippen LogP contribution in [0.2, 0.25) is 0 Å². The van der Waals surface area contributed by atoms with Crippen molar-refractivity contribution in [1.29, 1.82) is 0 Å². The van der Waals surface area contributed by atoms with Gasteiger partial charge >= 0.3 is 6.03 Å². The summed E-state index contributed by atoms with van der Waals surface area (Å²) in [6.07, 6.45) is 1.48. The topological polar surface area (TPSA) is 89.3 Å². The third-order valence-corrected chi connectivity index (χ3v) is 2.85. The maximum absolute atomic E-state index is 13.7. The molecule has 0 spiro atoms. The lowest BCUT2D eigenvalue weighted by atomic mass is 10.2. The number of pyridine rings is 1. The number of urea groups is 1. The molecule has 1 aromatic heterocycles. The molecule has 1 aromatic carbocycles. The Balaban J connectivity index is 1.95. The maximum Gasteiger partial charge on any atom is 0.320 e. The fourth-order valence-electron chi connectivity index (χ4n) is 1.89. The molecule has 20 heavy (non-hydrogen) atoms. The zero-order valence-electron chi connectivity index (χ0n) is 10.3. The van der Waals surface area contributed by atoms with Crippen molar-refractivity contribution in [1.82, 2.24) is 10.3 Å². The summed E-state index contributed by atoms with van der Waals surface area (Å²) in [7, 11) is 0. The van der Waals surface area contributed by atoms with Crippen molar-refractivity contribution >= 4 is 17.5 Å². The second kappa shape index (κ2) is 4.69. The number of carbonyl (C=O) groups excluding carboxylic acids is 1. The highest BCUT2D eigenvalue weighted by atomic mass is 19.1. The fraction of sp³-hybridized carbons (Fsp3) is 0.0769. The zero-order valence-corrected chi connectivity index (χ0v) is 10.3. The normalized spacial score (nSPS) is 13.2. The molecule has 7 heteroatoms. The lowest BCUT2D eigenvalue weighted by molar-refractivity contribution is 0.250. The first-order valence-corrected chi connectivity index (χ1v) is 5.89. The number of hydrogen-bond acceptors (Lipinski definition) is 4. The van der Waals surface area contributed by atoms with Crippen LogP contribution < -0.4 is 21.1 Å². The molecule has 4 N–H and O–H groups in total. The molecule has 2 aromatic rings. The molecule has 0 saturated carbocycles. The first-order valence-electron chi connectivity index (χ1n) is 5.89. The summed E-state index contributed by atoms with van der Waals surface area (Å²) >= 11 is 0. The second-order valence-electron chi connectivity index (χ2n) is 4.24. The van der Waals surface area contributed by atoms with Gasteiger partial charge in [-0.1, -0.05) is 0 Å². The van der Waals surface area contributed by atoms with Gasteiger partial charge in [0.2, 0.25) is 0 Å². The molecule has 2 heterocycles. The standard InChI is InChI=1S/C13H11FN4O2/c14-9-5-7(15)1-2-11(9)20-10-3-4-16-12-8(10)6-17-13(19)18-12/h1-5H,6,15H2,(H2,16,17,18,19). The Morgan fingerprint density at radius 3 is 2.95 bits per heavy atom. The molecule has 3 rings (SSSR count). The van der Waals surface area contributed by atoms with E-state index in [9.17, 15) is 9.18 Å². The highest BCUT2D eigenvalue weighted by Gasteiger charge is 2.19. The van der Waals surface area contributed by atoms with Crippen LogP contribution in [0, 0.1) is 5.82 Å². The van der Waals surface area contributed by atoms with E-state index in [0.29, 0.717) is 22.8 Å². The molecule has 2 amide bonds. The Bertz CT molecular complexity index is 690. The van der Waals surface area contributed by atoms with Gasteiger partial charge in [-0.05, 0) is 18.2 Å². The molecule has 0 radical (unpaired) electrons. The highest BCUT2D eigenvalue weighted by molar-refractivity contribution is 5.91. The van der Waals surface area contributed by atoms with Crippen molar-refractivity contribution in [2.45, 2.75) is 6.54 Å². The first kappa shape index (κ1) is 12.2. The van der Waals surface area contributed by atoms with E-state index >= 15 is 0 Å². The Kier molecular flexibility index (Phi) is 2.86. The summed E-state index contributed by atoms with van der Waals surface area (Å²) in [4.78, 5) is 15.3. The second-order valence-corrected chi connectivity index (χ2v) is 4.24. The van der Waals surface area contributed by atoms with Gasteiger partial charge in [0.25, 0.3) is 0 Å². The minimum absolute atomic E-state index is 0.0597. The molecule has 0 fully saturated rings. The molecule has 1 aliphatic rings. The third-order valence-electron chi connectivity index (χ3n) is 2.85. The number of rotatable bonds is 2. The van der Waals surface area contributed by atoms with Crippen LogP contribution >= 0.6 is 0 Å². The molecule has 6 nitrogen and oxygen atoms in total. The molecule has 0 atom stereocenters. The van der Waals surface area contributed by atoms with Gasteiger partial charge in [-0.25, -0.2) is 14.2 Å². The smallest absolute Gasteiger partial charge is 0.320 e. The van der Waals surface area contributed by atoms with Gasteiger partial charge in [0.15, 0.2) is 11.6 Å². The van der Waals surface area contributed by atoms with Gasteiger partial charge in [0.1, 0.15) is 11.6 Å². The predicted molar refractivity (Wildman–Crippen MR) is 71.0 cm³/mol. The van der Waals surface area contributed by atoms with Crippen LogP contribution in [0.3, 0.4) is 0 Å². The highest BCUT2D eigenvalue weighted by Crippen LogP contribution is 2.32. The van der Waals surface area contributed by atoms with Gasteiger partial charge in [0, 0.05) is 18.0 Å². The summed E-state index contributed by atoms with van der Waals surface area (Å²) in [6.45, 7) is 0.265. The number of anilines is 2. The summed E-state index contributed by atoms with van der Waals surface area (Å²) in [6, 6.07) is 5.45. The number of fused-ring (bicyclic) bond motifs is 1. The van der Waals surface area contributed by atoms with Crippen LogP contribution in [0.15, 0.2) is 30.5 Å². The maximum atomic E-state index is 13.7. The van der Waals surface area contributed by atoms with E-state index in [1.165, 1.54) is 18.3 Å². The molecule has 0 aliphatic carbocycles. The third kappa shape index (κ3) is 2.20. The Morgan fingerprint density at radius 2 is 2.15 bits per heavy atom. The van der Waals surface area contributed by atoms with Gasteiger partial charge in [-0.2, -0.15) is 0 Å². The zero-order chi connectivity index (χ0) is 14.1. The Hall–Kier alpha value is -2.83. The van der Waals surface area contributed by atoms with Crippen molar-refractivity contribution < 1.29 is 13.9 Å². The van der Waals surface area contributed by atoms with Crippen LogP contribution in [0.25, 0.3) is 0 Å². The van der Waals surface area contributed by atoms with E-state index in [1.54, 1.807) is 12.1 Å². The average molecular weight is 274 g/mol. The van der Waals surface area contributed by atoms with Gasteiger partial charge in [-0.3, -0.25) is 5.32 Å². The van der Waals surface area contributed by atoms with Crippen LogP contribution in [-0.2, 0) is 6.54 Å². The number of ether oxygens (including phenoxy) is 1. The van der Waals surface area contributed by atoms with Gasteiger partial charge < -0.3 is 15.8 Å². The molecule has 0 bridgehead atoms. The van der Waals surface area contributed by atoms with E-state index < -0.39 is 5.82 Å². The molecule has 1 aliphatic heterocycles.